The molecule has 0 spiro atoms. The van der Waals surface area contributed by atoms with Gasteiger partial charge in [0.15, 0.2) is 10.3 Å². The summed E-state index contributed by atoms with van der Waals surface area (Å²) in [4.78, 5) is 31.0. The van der Waals surface area contributed by atoms with Crippen molar-refractivity contribution in [1.82, 2.24) is 14.5 Å². The molecule has 3 rings (SSSR count). The van der Waals surface area contributed by atoms with Gasteiger partial charge in [-0.1, -0.05) is 23.9 Å². The number of nitrogens with zero attached hydrogens (tertiary/aromatic N) is 4. The van der Waals surface area contributed by atoms with Crippen LogP contribution in [0.3, 0.4) is 0 Å². The van der Waals surface area contributed by atoms with E-state index in [-0.39, 0.29) is 11.6 Å². The lowest BCUT2D eigenvalue weighted by Gasteiger charge is -2.02. The van der Waals surface area contributed by atoms with E-state index in [0.717, 1.165) is 5.16 Å². The second-order valence-electron chi connectivity index (χ2n) is 5.31. The fourth-order valence-corrected chi connectivity index (χ4v) is 3.76. The van der Waals surface area contributed by atoms with Gasteiger partial charge in [-0.15, -0.1) is 11.3 Å². The number of aromatic nitrogens is 3. The first kappa shape index (κ1) is 18.1. The fraction of sp³-hybridized carbons (Fsp3) is 0.188. The van der Waals surface area contributed by atoms with Gasteiger partial charge < -0.3 is 9.88 Å². The van der Waals surface area contributed by atoms with E-state index in [9.17, 15) is 14.9 Å². The highest BCUT2D eigenvalue weighted by Gasteiger charge is 2.12. The van der Waals surface area contributed by atoms with Crippen molar-refractivity contribution in [2.45, 2.75) is 11.6 Å². The number of aryl methyl sites for hydroxylation is 1. The third-order valence-corrected chi connectivity index (χ3v) is 5.26. The molecule has 0 saturated carbocycles. The van der Waals surface area contributed by atoms with Crippen LogP contribution in [0.25, 0.3) is 11.3 Å². The zero-order valence-electron chi connectivity index (χ0n) is 13.8. The van der Waals surface area contributed by atoms with E-state index in [1.165, 1.54) is 35.2 Å². The van der Waals surface area contributed by atoms with Gasteiger partial charge in [0, 0.05) is 54.7 Å². The Morgan fingerprint density at radius 3 is 3.04 bits per heavy atom. The van der Waals surface area contributed by atoms with Crippen molar-refractivity contribution >= 4 is 39.8 Å². The van der Waals surface area contributed by atoms with E-state index < -0.39 is 4.92 Å². The smallest absolute Gasteiger partial charge is 0.270 e. The van der Waals surface area contributed by atoms with Crippen LogP contribution >= 0.6 is 23.1 Å². The summed E-state index contributed by atoms with van der Waals surface area (Å²) in [5.74, 6) is 0.478. The molecule has 2 heterocycles. The topological polar surface area (TPSA) is 103 Å². The number of hydrogen-bond donors (Lipinski definition) is 1. The van der Waals surface area contributed by atoms with Gasteiger partial charge in [0.2, 0.25) is 5.91 Å². The number of non-ortho nitro benzene ring substituents is 1. The third-order valence-electron chi connectivity index (χ3n) is 3.44. The van der Waals surface area contributed by atoms with Crippen molar-refractivity contribution in [3.63, 3.8) is 0 Å². The van der Waals surface area contributed by atoms with Crippen molar-refractivity contribution in [2.24, 2.45) is 7.05 Å². The van der Waals surface area contributed by atoms with Crippen molar-refractivity contribution in [2.75, 3.05) is 11.1 Å². The van der Waals surface area contributed by atoms with Crippen LogP contribution in [0, 0.1) is 10.1 Å². The zero-order valence-corrected chi connectivity index (χ0v) is 15.4. The number of anilines is 1. The minimum Gasteiger partial charge on any atom is -0.329 e. The van der Waals surface area contributed by atoms with E-state index in [2.05, 4.69) is 15.3 Å². The number of thiazole rings is 1. The van der Waals surface area contributed by atoms with Gasteiger partial charge in [-0.05, 0) is 0 Å². The minimum absolute atomic E-state index is 0.00685. The predicted octanol–water partition coefficient (Wildman–Crippen LogP) is 3.57. The summed E-state index contributed by atoms with van der Waals surface area (Å²) < 4.78 is 1.90. The molecule has 1 aromatic carbocycles. The predicted molar refractivity (Wildman–Crippen MR) is 101 cm³/mol. The first-order valence-corrected chi connectivity index (χ1v) is 9.50. The maximum Gasteiger partial charge on any atom is 0.270 e. The van der Waals surface area contributed by atoms with Gasteiger partial charge in [0.1, 0.15) is 0 Å². The molecule has 0 radical (unpaired) electrons. The van der Waals surface area contributed by atoms with Crippen LogP contribution in [0.15, 0.2) is 47.2 Å². The molecular formula is C16H15N5O3S2. The Morgan fingerprint density at radius 1 is 1.46 bits per heavy atom. The van der Waals surface area contributed by atoms with Gasteiger partial charge in [0.05, 0.1) is 10.6 Å². The van der Waals surface area contributed by atoms with Crippen LogP contribution < -0.4 is 5.32 Å². The molecular weight excluding hydrogens is 374 g/mol. The van der Waals surface area contributed by atoms with E-state index in [0.29, 0.717) is 28.6 Å². The molecule has 0 saturated heterocycles. The van der Waals surface area contributed by atoms with Gasteiger partial charge >= 0.3 is 0 Å². The maximum absolute atomic E-state index is 12.0. The fourth-order valence-electron chi connectivity index (χ4n) is 2.15. The van der Waals surface area contributed by atoms with E-state index >= 15 is 0 Å². The molecule has 0 aliphatic heterocycles. The number of nitro benzene ring substituents is 1. The molecule has 0 unspecified atom stereocenters. The Hall–Kier alpha value is -2.72. The van der Waals surface area contributed by atoms with Crippen LogP contribution in [0.1, 0.15) is 6.42 Å². The van der Waals surface area contributed by atoms with Crippen LogP contribution in [0.2, 0.25) is 0 Å². The summed E-state index contributed by atoms with van der Waals surface area (Å²) >= 11 is 2.79. The Bertz CT molecular complexity index is 937. The first-order chi connectivity index (χ1) is 12.5. The zero-order chi connectivity index (χ0) is 18.5. The van der Waals surface area contributed by atoms with Gasteiger partial charge in [-0.3, -0.25) is 14.9 Å². The number of rotatable bonds is 7. The van der Waals surface area contributed by atoms with E-state index in [4.69, 9.17) is 0 Å². The van der Waals surface area contributed by atoms with Gasteiger partial charge in [-0.2, -0.15) is 0 Å². The highest BCUT2D eigenvalue weighted by Crippen LogP contribution is 2.27. The normalized spacial score (nSPS) is 10.7. The molecule has 0 bridgehead atoms. The monoisotopic (exact) mass is 389 g/mol. The van der Waals surface area contributed by atoms with E-state index in [1.54, 1.807) is 23.7 Å². The Labute approximate surface area is 157 Å². The molecule has 10 heteroatoms. The molecule has 0 aliphatic rings. The maximum atomic E-state index is 12.0. The molecule has 134 valence electrons. The minimum atomic E-state index is -0.447. The van der Waals surface area contributed by atoms with Crippen molar-refractivity contribution in [3.05, 3.63) is 52.2 Å². The average Bonchev–Trinajstić information content (AvgIpc) is 3.24. The highest BCUT2D eigenvalue weighted by atomic mass is 32.2. The van der Waals surface area contributed by atoms with Crippen LogP contribution in [-0.4, -0.2) is 31.1 Å². The number of thioether (sulfide) groups is 1. The van der Waals surface area contributed by atoms with Gasteiger partial charge in [-0.25, -0.2) is 9.97 Å². The number of imidazole rings is 1. The number of benzene rings is 1. The summed E-state index contributed by atoms with van der Waals surface area (Å²) in [6.07, 6.45) is 3.91. The molecule has 8 nitrogen and oxygen atoms in total. The quantitative estimate of drug-likeness (QED) is 0.376. The Balaban J connectivity index is 1.56. The molecule has 1 N–H and O–H groups in total. The van der Waals surface area contributed by atoms with Crippen molar-refractivity contribution in [3.8, 4) is 11.3 Å². The number of hydrogen-bond acceptors (Lipinski definition) is 7. The lowest BCUT2D eigenvalue weighted by atomic mass is 10.1. The summed E-state index contributed by atoms with van der Waals surface area (Å²) in [6.45, 7) is 0. The number of amides is 1. The number of carbonyl (C=O) groups is 1. The summed E-state index contributed by atoms with van der Waals surface area (Å²) in [7, 11) is 1.90. The highest BCUT2D eigenvalue weighted by molar-refractivity contribution is 7.99. The third kappa shape index (κ3) is 4.46. The van der Waals surface area contributed by atoms with Crippen LogP contribution in [0.4, 0.5) is 10.8 Å². The molecule has 0 atom stereocenters. The Morgan fingerprint density at radius 2 is 2.31 bits per heavy atom. The summed E-state index contributed by atoms with van der Waals surface area (Å²) in [5, 5.41) is 16.7. The summed E-state index contributed by atoms with van der Waals surface area (Å²) in [6, 6.07) is 6.25. The second kappa shape index (κ2) is 8.11. The second-order valence-corrected chi connectivity index (χ2v) is 7.23. The SMILES string of the molecule is Cn1ccnc1SCCC(=O)Nc1nc(-c2cccc([N+](=O)[O-])c2)cs1. The lowest BCUT2D eigenvalue weighted by molar-refractivity contribution is -0.384. The molecule has 3 aromatic rings. The number of nitro groups is 1. The molecule has 26 heavy (non-hydrogen) atoms. The van der Waals surface area contributed by atoms with Crippen molar-refractivity contribution < 1.29 is 9.72 Å². The van der Waals surface area contributed by atoms with Crippen molar-refractivity contribution in [1.29, 1.82) is 0 Å². The number of nitrogens with one attached hydrogen (secondary N) is 1. The average molecular weight is 389 g/mol. The standard InChI is InChI=1S/C16H15N5O3S2/c1-20-7-6-17-16(20)25-8-5-14(22)19-15-18-13(10-26-15)11-3-2-4-12(9-11)21(23)24/h2-4,6-7,9-10H,5,8H2,1H3,(H,18,19,22). The molecule has 0 fully saturated rings. The van der Waals surface area contributed by atoms with E-state index in [1.807, 2.05) is 17.8 Å². The molecule has 1 amide bonds. The van der Waals surface area contributed by atoms with Crippen LogP contribution in [0.5, 0.6) is 0 Å². The molecule has 2 aromatic heterocycles. The largest absolute Gasteiger partial charge is 0.329 e. The van der Waals surface area contributed by atoms with Crippen LogP contribution in [-0.2, 0) is 11.8 Å². The molecule has 0 aliphatic carbocycles. The lowest BCUT2D eigenvalue weighted by Crippen LogP contribution is -2.12. The van der Waals surface area contributed by atoms with Gasteiger partial charge in [0.25, 0.3) is 5.69 Å². The first-order valence-electron chi connectivity index (χ1n) is 7.63. The Kier molecular flexibility index (Phi) is 5.64. The summed E-state index contributed by atoms with van der Waals surface area (Å²) in [5.41, 5.74) is 1.24. The number of carbonyl (C=O) groups excluding carboxylic acids is 1.